The maximum atomic E-state index is 5.65. The van der Waals surface area contributed by atoms with Crippen LogP contribution in [0.4, 0.5) is 0 Å². The van der Waals surface area contributed by atoms with Gasteiger partial charge in [-0.15, -0.1) is 11.3 Å². The van der Waals surface area contributed by atoms with Crippen molar-refractivity contribution in [3.63, 3.8) is 0 Å². The van der Waals surface area contributed by atoms with Gasteiger partial charge in [-0.05, 0) is 45.4 Å². The molecule has 1 saturated heterocycles. The Morgan fingerprint density at radius 1 is 1.33 bits per heavy atom. The van der Waals surface area contributed by atoms with Crippen LogP contribution in [-0.2, 0) is 0 Å². The third-order valence-corrected chi connectivity index (χ3v) is 4.70. The Morgan fingerprint density at radius 3 is 2.89 bits per heavy atom. The molecule has 0 aliphatic carbocycles. The number of nitrogens with zero attached hydrogens (tertiary/aromatic N) is 1. The Hall–Kier alpha value is -1.13. The molecule has 0 radical (unpaired) electrons. The molecule has 0 saturated carbocycles. The fourth-order valence-corrected chi connectivity index (χ4v) is 3.60. The van der Waals surface area contributed by atoms with Crippen molar-refractivity contribution in [3.05, 3.63) is 28.5 Å². The summed E-state index contributed by atoms with van der Waals surface area (Å²) in [6, 6.07) is 4.48. The average Bonchev–Trinajstić information content (AvgIpc) is 2.97. The van der Waals surface area contributed by atoms with Crippen LogP contribution >= 0.6 is 11.3 Å². The van der Waals surface area contributed by atoms with Crippen molar-refractivity contribution >= 4 is 11.3 Å². The molecule has 3 heterocycles. The second kappa shape index (κ2) is 4.86. The van der Waals surface area contributed by atoms with Crippen LogP contribution < -0.4 is 5.32 Å². The molecule has 0 spiro atoms. The van der Waals surface area contributed by atoms with Gasteiger partial charge in [-0.25, -0.2) is 4.98 Å². The van der Waals surface area contributed by atoms with Crippen molar-refractivity contribution in [2.24, 2.45) is 0 Å². The summed E-state index contributed by atoms with van der Waals surface area (Å²) in [5.74, 6) is 1.83. The minimum atomic E-state index is 0.487. The minimum Gasteiger partial charge on any atom is -0.459 e. The van der Waals surface area contributed by atoms with E-state index in [0.717, 1.165) is 28.8 Å². The van der Waals surface area contributed by atoms with Crippen LogP contribution in [0.15, 0.2) is 16.5 Å². The summed E-state index contributed by atoms with van der Waals surface area (Å²) in [5.41, 5.74) is 1.14. The van der Waals surface area contributed by atoms with Crippen LogP contribution in [-0.4, -0.2) is 11.5 Å². The van der Waals surface area contributed by atoms with Crippen LogP contribution in [0.25, 0.3) is 10.8 Å². The van der Waals surface area contributed by atoms with Gasteiger partial charge in [0.15, 0.2) is 10.8 Å². The first-order valence-corrected chi connectivity index (χ1v) is 7.33. The van der Waals surface area contributed by atoms with E-state index >= 15 is 0 Å². The number of rotatable bonds is 2. The molecule has 18 heavy (non-hydrogen) atoms. The molecular formula is C14H18N2OS. The normalized spacial score (nSPS) is 20.2. The molecule has 1 aliphatic rings. The monoisotopic (exact) mass is 262 g/mol. The zero-order chi connectivity index (χ0) is 12.5. The molecule has 96 valence electrons. The van der Waals surface area contributed by atoms with Crippen molar-refractivity contribution < 1.29 is 4.42 Å². The van der Waals surface area contributed by atoms with Gasteiger partial charge in [0.25, 0.3) is 0 Å². The van der Waals surface area contributed by atoms with Crippen LogP contribution in [0.5, 0.6) is 0 Å². The second-order valence-corrected chi connectivity index (χ2v) is 5.91. The summed E-state index contributed by atoms with van der Waals surface area (Å²) in [6.45, 7) is 5.19. The van der Waals surface area contributed by atoms with E-state index in [1.165, 1.54) is 24.1 Å². The molecule has 3 nitrogen and oxygen atoms in total. The molecule has 1 N–H and O–H groups in total. The third kappa shape index (κ3) is 2.22. The molecule has 1 atom stereocenters. The van der Waals surface area contributed by atoms with Crippen LogP contribution in [0.2, 0.25) is 0 Å². The van der Waals surface area contributed by atoms with E-state index in [-0.39, 0.29) is 0 Å². The lowest BCUT2D eigenvalue weighted by Gasteiger charge is -2.22. The van der Waals surface area contributed by atoms with Crippen molar-refractivity contribution in [1.29, 1.82) is 0 Å². The molecule has 1 unspecified atom stereocenters. The lowest BCUT2D eigenvalue weighted by Crippen LogP contribution is -2.26. The van der Waals surface area contributed by atoms with Gasteiger partial charge in [0.2, 0.25) is 0 Å². The molecule has 2 aromatic rings. The summed E-state index contributed by atoms with van der Waals surface area (Å²) < 4.78 is 5.65. The summed E-state index contributed by atoms with van der Waals surface area (Å²) in [5, 5.41) is 4.59. The van der Waals surface area contributed by atoms with Crippen molar-refractivity contribution in [1.82, 2.24) is 10.3 Å². The van der Waals surface area contributed by atoms with Crippen LogP contribution in [0, 0.1) is 13.8 Å². The van der Waals surface area contributed by atoms with Gasteiger partial charge in [0, 0.05) is 10.9 Å². The van der Waals surface area contributed by atoms with Gasteiger partial charge < -0.3 is 9.73 Å². The van der Waals surface area contributed by atoms with Crippen molar-refractivity contribution in [3.8, 4) is 10.8 Å². The number of hydrogen-bond acceptors (Lipinski definition) is 4. The van der Waals surface area contributed by atoms with Gasteiger partial charge in [0.05, 0.1) is 5.69 Å². The zero-order valence-corrected chi connectivity index (χ0v) is 11.6. The van der Waals surface area contributed by atoms with Gasteiger partial charge in [-0.1, -0.05) is 6.42 Å². The number of piperidine rings is 1. The van der Waals surface area contributed by atoms with Crippen molar-refractivity contribution in [2.45, 2.75) is 39.2 Å². The maximum absolute atomic E-state index is 5.65. The first-order chi connectivity index (χ1) is 8.74. The third-order valence-electron chi connectivity index (χ3n) is 3.41. The number of aryl methyl sites for hydroxylation is 2. The maximum Gasteiger partial charge on any atom is 0.162 e. The van der Waals surface area contributed by atoms with E-state index in [4.69, 9.17) is 4.42 Å². The smallest absolute Gasteiger partial charge is 0.162 e. The fourth-order valence-electron chi connectivity index (χ4n) is 2.46. The van der Waals surface area contributed by atoms with Gasteiger partial charge in [-0.2, -0.15) is 0 Å². The molecule has 0 amide bonds. The first kappa shape index (κ1) is 11.9. The molecular weight excluding hydrogens is 244 g/mol. The van der Waals surface area contributed by atoms with E-state index in [9.17, 15) is 0 Å². The predicted molar refractivity (Wildman–Crippen MR) is 73.9 cm³/mol. The van der Waals surface area contributed by atoms with Crippen LogP contribution in [0.1, 0.15) is 41.6 Å². The molecule has 0 aromatic carbocycles. The molecule has 1 aliphatic heterocycles. The SMILES string of the molecule is Cc1ccc(-c2nc(C)c(C3CCCCN3)s2)o1. The summed E-state index contributed by atoms with van der Waals surface area (Å²) in [4.78, 5) is 6.03. The second-order valence-electron chi connectivity index (χ2n) is 4.88. The molecule has 1 fully saturated rings. The van der Waals surface area contributed by atoms with E-state index in [0.29, 0.717) is 6.04 Å². The zero-order valence-electron chi connectivity index (χ0n) is 10.8. The van der Waals surface area contributed by atoms with Gasteiger partial charge >= 0.3 is 0 Å². The number of nitrogens with one attached hydrogen (secondary N) is 1. The summed E-state index contributed by atoms with van der Waals surface area (Å²) in [7, 11) is 0. The minimum absolute atomic E-state index is 0.487. The van der Waals surface area contributed by atoms with Gasteiger partial charge in [0.1, 0.15) is 5.76 Å². The molecule has 4 heteroatoms. The Bertz CT molecular complexity index is 538. The van der Waals surface area contributed by atoms with Crippen molar-refractivity contribution in [2.75, 3.05) is 6.54 Å². The predicted octanol–water partition coefficient (Wildman–Crippen LogP) is 3.83. The fraction of sp³-hybridized carbons (Fsp3) is 0.500. The largest absolute Gasteiger partial charge is 0.459 e. The Kier molecular flexibility index (Phi) is 3.22. The first-order valence-electron chi connectivity index (χ1n) is 6.51. The Morgan fingerprint density at radius 2 is 2.22 bits per heavy atom. The average molecular weight is 262 g/mol. The highest BCUT2D eigenvalue weighted by atomic mass is 32.1. The van der Waals surface area contributed by atoms with E-state index < -0.39 is 0 Å². The van der Waals surface area contributed by atoms with E-state index in [1.807, 2.05) is 19.1 Å². The molecule has 0 bridgehead atoms. The summed E-state index contributed by atoms with van der Waals surface area (Å²) in [6.07, 6.45) is 3.82. The molecule has 2 aromatic heterocycles. The summed E-state index contributed by atoms with van der Waals surface area (Å²) >= 11 is 1.77. The number of furan rings is 1. The Labute approximate surface area is 111 Å². The lowest BCUT2D eigenvalue weighted by atomic mass is 10.0. The van der Waals surface area contributed by atoms with E-state index in [1.54, 1.807) is 11.3 Å². The standard InChI is InChI=1S/C14H18N2OS/c1-9-6-7-12(17-9)14-16-10(2)13(18-14)11-5-3-4-8-15-11/h6-7,11,15H,3-5,8H2,1-2H3. The highest BCUT2D eigenvalue weighted by Gasteiger charge is 2.21. The highest BCUT2D eigenvalue weighted by Crippen LogP contribution is 2.35. The Balaban J connectivity index is 1.90. The number of aromatic nitrogens is 1. The molecule has 3 rings (SSSR count). The highest BCUT2D eigenvalue weighted by molar-refractivity contribution is 7.15. The topological polar surface area (TPSA) is 38.1 Å². The van der Waals surface area contributed by atoms with Crippen LogP contribution in [0.3, 0.4) is 0 Å². The lowest BCUT2D eigenvalue weighted by molar-refractivity contribution is 0.415. The number of hydrogen-bond donors (Lipinski definition) is 1. The quantitative estimate of drug-likeness (QED) is 0.893. The van der Waals surface area contributed by atoms with E-state index in [2.05, 4.69) is 17.2 Å². The van der Waals surface area contributed by atoms with Gasteiger partial charge in [-0.3, -0.25) is 0 Å². The number of thiazole rings is 1.